The predicted molar refractivity (Wildman–Crippen MR) is 52.0 cm³/mol. The Labute approximate surface area is 78.1 Å². The van der Waals surface area contributed by atoms with Crippen LogP contribution in [-0.2, 0) is 6.42 Å². The molecule has 0 aliphatic heterocycles. The lowest BCUT2D eigenvalue weighted by atomic mass is 10.1. The van der Waals surface area contributed by atoms with Crippen molar-refractivity contribution >= 4 is 0 Å². The molecule has 0 spiro atoms. The summed E-state index contributed by atoms with van der Waals surface area (Å²) in [6.45, 7) is 1.91. The lowest BCUT2D eigenvalue weighted by molar-refractivity contribution is 0.406. The first-order valence-electron chi connectivity index (χ1n) is 4.25. The number of benzene rings is 1. The molecule has 0 radical (unpaired) electrons. The molecule has 1 aromatic rings. The van der Waals surface area contributed by atoms with Gasteiger partial charge in [0.1, 0.15) is 11.5 Å². The van der Waals surface area contributed by atoms with Crippen molar-refractivity contribution < 1.29 is 9.84 Å². The second-order valence-electron chi connectivity index (χ2n) is 3.18. The van der Waals surface area contributed by atoms with E-state index in [1.54, 1.807) is 13.2 Å². The van der Waals surface area contributed by atoms with Crippen molar-refractivity contribution in [2.45, 2.75) is 19.4 Å². The topological polar surface area (TPSA) is 55.5 Å². The molecule has 3 N–H and O–H groups in total. The predicted octanol–water partition coefficient (Wildman–Crippen LogP) is 1.29. The van der Waals surface area contributed by atoms with Crippen LogP contribution in [0.3, 0.4) is 0 Å². The van der Waals surface area contributed by atoms with Crippen molar-refractivity contribution in [3.8, 4) is 11.5 Å². The van der Waals surface area contributed by atoms with E-state index in [0.717, 1.165) is 5.56 Å². The van der Waals surface area contributed by atoms with Gasteiger partial charge in [-0.25, -0.2) is 0 Å². The Morgan fingerprint density at radius 3 is 2.69 bits per heavy atom. The number of phenols is 1. The number of phenolic OH excluding ortho intramolecular Hbond substituents is 1. The molecular weight excluding hydrogens is 166 g/mol. The van der Waals surface area contributed by atoms with E-state index in [-0.39, 0.29) is 11.8 Å². The van der Waals surface area contributed by atoms with E-state index < -0.39 is 0 Å². The third-order valence-electron chi connectivity index (χ3n) is 1.83. The molecule has 3 heteroatoms. The molecule has 13 heavy (non-hydrogen) atoms. The molecule has 0 saturated carbocycles. The molecule has 0 aliphatic rings. The van der Waals surface area contributed by atoms with E-state index in [1.165, 1.54) is 0 Å². The van der Waals surface area contributed by atoms with Crippen LogP contribution in [0.4, 0.5) is 0 Å². The van der Waals surface area contributed by atoms with E-state index in [9.17, 15) is 5.11 Å². The minimum absolute atomic E-state index is 0.0549. The van der Waals surface area contributed by atoms with Gasteiger partial charge in [0, 0.05) is 12.1 Å². The second-order valence-corrected chi connectivity index (χ2v) is 3.18. The Kier molecular flexibility index (Phi) is 3.14. The van der Waals surface area contributed by atoms with Gasteiger partial charge in [0.25, 0.3) is 0 Å². The zero-order valence-corrected chi connectivity index (χ0v) is 7.95. The smallest absolute Gasteiger partial charge is 0.122 e. The number of rotatable bonds is 3. The van der Waals surface area contributed by atoms with Crippen LogP contribution in [0.25, 0.3) is 0 Å². The zero-order valence-electron chi connectivity index (χ0n) is 7.95. The number of aromatic hydroxyl groups is 1. The monoisotopic (exact) mass is 181 g/mol. The van der Waals surface area contributed by atoms with Gasteiger partial charge in [0.2, 0.25) is 0 Å². The van der Waals surface area contributed by atoms with Crippen LogP contribution in [0.2, 0.25) is 0 Å². The number of methoxy groups -OCH3 is 1. The van der Waals surface area contributed by atoms with Gasteiger partial charge in [-0.15, -0.1) is 0 Å². The van der Waals surface area contributed by atoms with Gasteiger partial charge in [-0.3, -0.25) is 0 Å². The van der Waals surface area contributed by atoms with Crippen molar-refractivity contribution in [1.82, 2.24) is 0 Å². The fourth-order valence-corrected chi connectivity index (χ4v) is 1.19. The Hall–Kier alpha value is -1.22. The van der Waals surface area contributed by atoms with E-state index in [4.69, 9.17) is 10.5 Å². The Morgan fingerprint density at radius 1 is 1.54 bits per heavy atom. The van der Waals surface area contributed by atoms with E-state index >= 15 is 0 Å². The molecule has 0 fully saturated rings. The first-order valence-corrected chi connectivity index (χ1v) is 4.25. The maximum Gasteiger partial charge on any atom is 0.122 e. The average Bonchev–Trinajstić information content (AvgIpc) is 2.08. The molecule has 0 bridgehead atoms. The van der Waals surface area contributed by atoms with Crippen molar-refractivity contribution in [2.75, 3.05) is 7.11 Å². The molecular formula is C10H15NO2. The summed E-state index contributed by atoms with van der Waals surface area (Å²) >= 11 is 0. The van der Waals surface area contributed by atoms with Gasteiger partial charge in [0.15, 0.2) is 0 Å². The van der Waals surface area contributed by atoms with Crippen LogP contribution in [0.1, 0.15) is 12.5 Å². The molecule has 0 heterocycles. The zero-order chi connectivity index (χ0) is 9.84. The summed E-state index contributed by atoms with van der Waals surface area (Å²) < 4.78 is 4.96. The Balaban J connectivity index is 2.85. The normalized spacial score (nSPS) is 12.5. The maximum atomic E-state index is 9.54. The molecule has 1 rings (SSSR count). The minimum Gasteiger partial charge on any atom is -0.508 e. The van der Waals surface area contributed by atoms with Gasteiger partial charge < -0.3 is 15.6 Å². The van der Waals surface area contributed by atoms with Gasteiger partial charge in [0.05, 0.1) is 7.11 Å². The molecule has 3 nitrogen and oxygen atoms in total. The third-order valence-corrected chi connectivity index (χ3v) is 1.83. The fourth-order valence-electron chi connectivity index (χ4n) is 1.19. The van der Waals surface area contributed by atoms with E-state index in [0.29, 0.717) is 12.2 Å². The number of hydrogen-bond donors (Lipinski definition) is 2. The summed E-state index contributed by atoms with van der Waals surface area (Å²) in [5.74, 6) is 0.905. The summed E-state index contributed by atoms with van der Waals surface area (Å²) in [7, 11) is 1.57. The first-order chi connectivity index (χ1) is 6.13. The highest BCUT2D eigenvalue weighted by Gasteiger charge is 2.04. The largest absolute Gasteiger partial charge is 0.508 e. The second kappa shape index (κ2) is 4.14. The van der Waals surface area contributed by atoms with Crippen LogP contribution in [-0.4, -0.2) is 18.3 Å². The Bertz CT molecular complexity index is 284. The van der Waals surface area contributed by atoms with Crippen LogP contribution in [0, 0.1) is 0 Å². The summed E-state index contributed by atoms with van der Waals surface area (Å²) in [4.78, 5) is 0. The quantitative estimate of drug-likeness (QED) is 0.738. The van der Waals surface area contributed by atoms with Crippen molar-refractivity contribution in [2.24, 2.45) is 5.73 Å². The first kappa shape index (κ1) is 9.86. The Morgan fingerprint density at radius 2 is 2.23 bits per heavy atom. The van der Waals surface area contributed by atoms with Crippen LogP contribution in [0.5, 0.6) is 11.5 Å². The minimum atomic E-state index is 0.0549. The highest BCUT2D eigenvalue weighted by Crippen LogP contribution is 2.23. The molecule has 0 saturated heterocycles. The van der Waals surface area contributed by atoms with Crippen molar-refractivity contribution in [1.29, 1.82) is 0 Å². The molecule has 72 valence electrons. The molecule has 0 aliphatic carbocycles. The van der Waals surface area contributed by atoms with E-state index in [2.05, 4.69) is 0 Å². The average molecular weight is 181 g/mol. The van der Waals surface area contributed by atoms with Crippen LogP contribution < -0.4 is 10.5 Å². The lowest BCUT2D eigenvalue weighted by Gasteiger charge is -2.08. The van der Waals surface area contributed by atoms with Gasteiger partial charge in [-0.1, -0.05) is 6.07 Å². The fraction of sp³-hybridized carbons (Fsp3) is 0.400. The molecule has 0 amide bonds. The highest BCUT2D eigenvalue weighted by atomic mass is 16.5. The summed E-state index contributed by atoms with van der Waals surface area (Å²) in [6.07, 6.45) is 0.676. The van der Waals surface area contributed by atoms with E-state index in [1.807, 2.05) is 19.1 Å². The summed E-state index contributed by atoms with van der Waals surface area (Å²) in [5.41, 5.74) is 6.48. The molecule has 0 aromatic heterocycles. The number of nitrogens with two attached hydrogens (primary N) is 1. The lowest BCUT2D eigenvalue weighted by Crippen LogP contribution is -2.17. The summed E-state index contributed by atoms with van der Waals surface area (Å²) in [5, 5.41) is 9.54. The third kappa shape index (κ3) is 2.63. The van der Waals surface area contributed by atoms with Gasteiger partial charge >= 0.3 is 0 Å². The SMILES string of the molecule is COc1ccc(CC(C)N)c(O)c1. The number of ether oxygens (including phenoxy) is 1. The van der Waals surface area contributed by atoms with Crippen LogP contribution in [0.15, 0.2) is 18.2 Å². The van der Waals surface area contributed by atoms with Gasteiger partial charge in [-0.2, -0.15) is 0 Å². The molecule has 1 aromatic carbocycles. The van der Waals surface area contributed by atoms with Crippen molar-refractivity contribution in [3.63, 3.8) is 0 Å². The van der Waals surface area contributed by atoms with Gasteiger partial charge in [-0.05, 0) is 25.0 Å². The number of hydrogen-bond acceptors (Lipinski definition) is 3. The summed E-state index contributed by atoms with van der Waals surface area (Å²) in [6, 6.07) is 5.30. The van der Waals surface area contributed by atoms with Crippen molar-refractivity contribution in [3.05, 3.63) is 23.8 Å². The molecule has 1 unspecified atom stereocenters. The molecule has 1 atom stereocenters. The highest BCUT2D eigenvalue weighted by molar-refractivity contribution is 5.39. The van der Waals surface area contributed by atoms with Crippen LogP contribution >= 0.6 is 0 Å². The standard InChI is InChI=1S/C10H15NO2/c1-7(11)5-8-3-4-9(13-2)6-10(8)12/h3-4,6-7,12H,5,11H2,1-2H3. The maximum absolute atomic E-state index is 9.54.